The summed E-state index contributed by atoms with van der Waals surface area (Å²) in [4.78, 5) is 3.95. The second-order valence-electron chi connectivity index (χ2n) is 2.67. The van der Waals surface area contributed by atoms with Crippen LogP contribution in [0.2, 0.25) is 5.02 Å². The molecule has 0 unspecified atom stereocenters. The second kappa shape index (κ2) is 3.04. The van der Waals surface area contributed by atoms with Gasteiger partial charge in [0.2, 0.25) is 0 Å². The SMILES string of the molecule is N#Cc1cc2cc(Cl)ccc2cn1. The zero-order valence-corrected chi connectivity index (χ0v) is 7.42. The number of nitrogens with zero attached hydrogens (tertiary/aromatic N) is 2. The Morgan fingerprint density at radius 1 is 1.23 bits per heavy atom. The van der Waals surface area contributed by atoms with Crippen LogP contribution < -0.4 is 0 Å². The zero-order chi connectivity index (χ0) is 9.26. The molecule has 62 valence electrons. The largest absolute Gasteiger partial charge is 0.245 e. The lowest BCUT2D eigenvalue weighted by atomic mass is 10.1. The van der Waals surface area contributed by atoms with Crippen LogP contribution in [0.15, 0.2) is 30.5 Å². The highest BCUT2D eigenvalue weighted by Crippen LogP contribution is 2.18. The van der Waals surface area contributed by atoms with E-state index in [1.807, 2.05) is 18.2 Å². The molecule has 1 heterocycles. The molecule has 0 aliphatic heterocycles. The molecule has 0 saturated carbocycles. The van der Waals surface area contributed by atoms with E-state index in [0.29, 0.717) is 10.7 Å². The Bertz CT molecular complexity index is 500. The fraction of sp³-hybridized carbons (Fsp3) is 0. The van der Waals surface area contributed by atoms with Gasteiger partial charge in [-0.1, -0.05) is 17.7 Å². The molecule has 2 rings (SSSR count). The number of pyridine rings is 1. The first-order valence-electron chi connectivity index (χ1n) is 3.75. The molecule has 0 N–H and O–H groups in total. The summed E-state index contributed by atoms with van der Waals surface area (Å²) in [5.74, 6) is 0. The van der Waals surface area contributed by atoms with Crippen LogP contribution in [-0.2, 0) is 0 Å². The van der Waals surface area contributed by atoms with Crippen LogP contribution in [0.3, 0.4) is 0 Å². The van der Waals surface area contributed by atoms with Crippen LogP contribution in [0.4, 0.5) is 0 Å². The van der Waals surface area contributed by atoms with Gasteiger partial charge in [-0.05, 0) is 23.6 Å². The average molecular weight is 189 g/mol. The molecule has 0 amide bonds. The first-order valence-corrected chi connectivity index (χ1v) is 4.13. The Hall–Kier alpha value is -1.59. The van der Waals surface area contributed by atoms with Gasteiger partial charge in [0.1, 0.15) is 11.8 Å². The van der Waals surface area contributed by atoms with Gasteiger partial charge >= 0.3 is 0 Å². The average Bonchev–Trinajstić information content (AvgIpc) is 2.16. The van der Waals surface area contributed by atoms with E-state index >= 15 is 0 Å². The van der Waals surface area contributed by atoms with Gasteiger partial charge in [-0.2, -0.15) is 5.26 Å². The number of halogens is 1. The number of benzene rings is 1. The molecule has 0 aliphatic rings. The van der Waals surface area contributed by atoms with E-state index in [9.17, 15) is 0 Å². The second-order valence-corrected chi connectivity index (χ2v) is 3.11. The van der Waals surface area contributed by atoms with E-state index in [1.165, 1.54) is 0 Å². The van der Waals surface area contributed by atoms with Crippen molar-refractivity contribution in [1.82, 2.24) is 4.98 Å². The molecular weight excluding hydrogens is 184 g/mol. The highest BCUT2D eigenvalue weighted by molar-refractivity contribution is 6.31. The number of hydrogen-bond donors (Lipinski definition) is 0. The number of rotatable bonds is 0. The van der Waals surface area contributed by atoms with Crippen molar-refractivity contribution < 1.29 is 0 Å². The highest BCUT2D eigenvalue weighted by atomic mass is 35.5. The molecule has 2 nitrogen and oxygen atoms in total. The maximum absolute atomic E-state index is 8.62. The monoisotopic (exact) mass is 188 g/mol. The van der Waals surface area contributed by atoms with Gasteiger partial charge < -0.3 is 0 Å². The smallest absolute Gasteiger partial charge is 0.141 e. The Kier molecular flexibility index (Phi) is 1.88. The molecule has 2 aromatic rings. The van der Waals surface area contributed by atoms with Crippen LogP contribution in [0.5, 0.6) is 0 Å². The van der Waals surface area contributed by atoms with Crippen LogP contribution in [-0.4, -0.2) is 4.98 Å². The standard InChI is InChI=1S/C10H5ClN2/c11-9-2-1-7-6-13-10(5-12)4-8(7)3-9/h1-4,6H. The summed E-state index contributed by atoms with van der Waals surface area (Å²) in [5, 5.41) is 11.2. The molecule has 0 aliphatic carbocycles. The van der Waals surface area contributed by atoms with Gasteiger partial charge in [-0.15, -0.1) is 0 Å². The highest BCUT2D eigenvalue weighted by Gasteiger charge is 1.97. The van der Waals surface area contributed by atoms with Crippen molar-refractivity contribution in [3.63, 3.8) is 0 Å². The van der Waals surface area contributed by atoms with Crippen LogP contribution >= 0.6 is 11.6 Å². The van der Waals surface area contributed by atoms with Crippen molar-refractivity contribution >= 4 is 22.4 Å². The Morgan fingerprint density at radius 2 is 2.08 bits per heavy atom. The van der Waals surface area contributed by atoms with E-state index in [-0.39, 0.29) is 0 Å². The number of aromatic nitrogens is 1. The Balaban J connectivity index is 2.77. The van der Waals surface area contributed by atoms with Gasteiger partial charge in [0, 0.05) is 16.6 Å². The molecule has 3 heteroatoms. The van der Waals surface area contributed by atoms with E-state index in [0.717, 1.165) is 10.8 Å². The fourth-order valence-corrected chi connectivity index (χ4v) is 1.35. The third-order valence-corrected chi connectivity index (χ3v) is 2.03. The summed E-state index contributed by atoms with van der Waals surface area (Å²) in [6.07, 6.45) is 1.67. The summed E-state index contributed by atoms with van der Waals surface area (Å²) in [7, 11) is 0. The van der Waals surface area contributed by atoms with Crippen LogP contribution in [0.1, 0.15) is 5.69 Å². The quantitative estimate of drug-likeness (QED) is 0.638. The molecule has 0 radical (unpaired) electrons. The summed E-state index contributed by atoms with van der Waals surface area (Å²) in [6, 6.07) is 9.21. The predicted octanol–water partition coefficient (Wildman–Crippen LogP) is 2.76. The molecular formula is C10H5ClN2. The lowest BCUT2D eigenvalue weighted by Gasteiger charge is -1.97. The van der Waals surface area contributed by atoms with Gasteiger partial charge in [0.25, 0.3) is 0 Å². The van der Waals surface area contributed by atoms with Gasteiger partial charge in [0.15, 0.2) is 0 Å². The Morgan fingerprint density at radius 3 is 2.85 bits per heavy atom. The van der Waals surface area contributed by atoms with E-state index in [2.05, 4.69) is 4.98 Å². The van der Waals surface area contributed by atoms with Crippen molar-refractivity contribution in [2.24, 2.45) is 0 Å². The summed E-state index contributed by atoms with van der Waals surface area (Å²) in [5.41, 5.74) is 0.412. The maximum atomic E-state index is 8.62. The molecule has 0 bridgehead atoms. The first-order chi connectivity index (χ1) is 6.29. The molecule has 1 aromatic carbocycles. The third kappa shape index (κ3) is 1.47. The van der Waals surface area contributed by atoms with Crippen LogP contribution in [0, 0.1) is 11.3 Å². The molecule has 0 saturated heterocycles. The van der Waals surface area contributed by atoms with Gasteiger partial charge in [0.05, 0.1) is 0 Å². The number of hydrogen-bond acceptors (Lipinski definition) is 2. The van der Waals surface area contributed by atoms with Gasteiger partial charge in [-0.3, -0.25) is 0 Å². The predicted molar refractivity (Wildman–Crippen MR) is 51.5 cm³/mol. The minimum Gasteiger partial charge on any atom is -0.245 e. The third-order valence-electron chi connectivity index (χ3n) is 1.80. The van der Waals surface area contributed by atoms with Crippen molar-refractivity contribution in [1.29, 1.82) is 5.26 Å². The first kappa shape index (κ1) is 8.03. The van der Waals surface area contributed by atoms with Crippen molar-refractivity contribution in [2.75, 3.05) is 0 Å². The van der Waals surface area contributed by atoms with E-state index in [1.54, 1.807) is 18.3 Å². The van der Waals surface area contributed by atoms with E-state index < -0.39 is 0 Å². The Labute approximate surface area is 80.4 Å². The van der Waals surface area contributed by atoms with Crippen molar-refractivity contribution in [3.8, 4) is 6.07 Å². The van der Waals surface area contributed by atoms with E-state index in [4.69, 9.17) is 16.9 Å². The number of nitriles is 1. The van der Waals surface area contributed by atoms with Gasteiger partial charge in [-0.25, -0.2) is 4.98 Å². The number of fused-ring (bicyclic) bond motifs is 1. The van der Waals surface area contributed by atoms with Crippen molar-refractivity contribution in [3.05, 3.63) is 41.2 Å². The fourth-order valence-electron chi connectivity index (χ4n) is 1.17. The molecule has 0 fully saturated rings. The molecule has 1 aromatic heterocycles. The lowest BCUT2D eigenvalue weighted by molar-refractivity contribution is 1.29. The summed E-state index contributed by atoms with van der Waals surface area (Å²) < 4.78 is 0. The minimum atomic E-state index is 0.412. The maximum Gasteiger partial charge on any atom is 0.141 e. The molecule has 0 atom stereocenters. The lowest BCUT2D eigenvalue weighted by Crippen LogP contribution is -1.81. The van der Waals surface area contributed by atoms with Crippen LogP contribution in [0.25, 0.3) is 10.8 Å². The summed E-state index contributed by atoms with van der Waals surface area (Å²) >= 11 is 5.81. The minimum absolute atomic E-state index is 0.412. The van der Waals surface area contributed by atoms with Crippen molar-refractivity contribution in [2.45, 2.75) is 0 Å². The molecule has 0 spiro atoms. The topological polar surface area (TPSA) is 36.7 Å². The molecule has 13 heavy (non-hydrogen) atoms. The normalized spacial score (nSPS) is 9.85. The zero-order valence-electron chi connectivity index (χ0n) is 6.66. The summed E-state index contributed by atoms with van der Waals surface area (Å²) in [6.45, 7) is 0.